The molecule has 0 bridgehead atoms. The molecule has 0 aliphatic carbocycles. The van der Waals surface area contributed by atoms with E-state index in [2.05, 4.69) is 6.92 Å². The van der Waals surface area contributed by atoms with E-state index in [1.54, 1.807) is 17.9 Å². The van der Waals surface area contributed by atoms with Gasteiger partial charge in [0, 0.05) is 19.2 Å². The van der Waals surface area contributed by atoms with E-state index in [1.165, 1.54) is 5.56 Å². The van der Waals surface area contributed by atoms with Gasteiger partial charge in [-0.05, 0) is 31.9 Å². The zero-order chi connectivity index (χ0) is 17.1. The second-order valence-corrected chi connectivity index (χ2v) is 5.48. The molecule has 0 radical (unpaired) electrons. The van der Waals surface area contributed by atoms with Gasteiger partial charge in [-0.15, -0.1) is 0 Å². The fourth-order valence-electron chi connectivity index (χ4n) is 2.09. The van der Waals surface area contributed by atoms with Crippen LogP contribution in [0.15, 0.2) is 30.3 Å². The second kappa shape index (κ2) is 10.6. The normalized spacial score (nSPS) is 10.7. The summed E-state index contributed by atoms with van der Waals surface area (Å²) in [7, 11) is 0. The number of benzene rings is 1. The summed E-state index contributed by atoms with van der Waals surface area (Å²) >= 11 is 0. The van der Waals surface area contributed by atoms with Crippen LogP contribution >= 0.6 is 0 Å². The molecule has 0 unspecified atom stereocenters. The van der Waals surface area contributed by atoms with E-state index in [0.717, 1.165) is 18.4 Å². The zero-order valence-corrected chi connectivity index (χ0v) is 14.4. The van der Waals surface area contributed by atoms with Crippen LogP contribution in [0, 0.1) is 6.92 Å². The monoisotopic (exact) mass is 317 g/mol. The molecule has 0 atom stereocenters. The van der Waals surface area contributed by atoms with Gasteiger partial charge in [-0.1, -0.05) is 43.2 Å². The quantitative estimate of drug-likeness (QED) is 0.516. The van der Waals surface area contributed by atoms with E-state index in [1.807, 2.05) is 37.3 Å². The number of carbonyl (C=O) groups is 2. The van der Waals surface area contributed by atoms with Gasteiger partial charge in [0.25, 0.3) is 0 Å². The molecular formula is C19H27NO3. The lowest BCUT2D eigenvalue weighted by molar-refractivity contribution is -0.143. The van der Waals surface area contributed by atoms with Crippen LogP contribution < -0.4 is 0 Å². The van der Waals surface area contributed by atoms with Crippen molar-refractivity contribution in [2.45, 2.75) is 40.0 Å². The number of carbonyl (C=O) groups excluding carboxylic acids is 2. The van der Waals surface area contributed by atoms with Crippen molar-refractivity contribution in [3.63, 3.8) is 0 Å². The Kier molecular flexibility index (Phi) is 8.73. The van der Waals surface area contributed by atoms with Gasteiger partial charge in [-0.2, -0.15) is 0 Å². The maximum Gasteiger partial charge on any atom is 0.307 e. The number of amides is 1. The molecule has 0 aliphatic heterocycles. The summed E-state index contributed by atoms with van der Waals surface area (Å²) in [6, 6.07) is 7.99. The van der Waals surface area contributed by atoms with Crippen LogP contribution in [-0.4, -0.2) is 36.5 Å². The number of aryl methyl sites for hydroxylation is 1. The molecule has 0 heterocycles. The molecule has 1 amide bonds. The summed E-state index contributed by atoms with van der Waals surface area (Å²) < 4.78 is 4.92. The molecule has 0 aromatic heterocycles. The molecule has 1 aromatic rings. The van der Waals surface area contributed by atoms with Crippen LogP contribution in [0.4, 0.5) is 0 Å². The second-order valence-electron chi connectivity index (χ2n) is 5.48. The Balaban J connectivity index is 2.62. The van der Waals surface area contributed by atoms with Crippen molar-refractivity contribution < 1.29 is 14.3 Å². The van der Waals surface area contributed by atoms with Crippen LogP contribution in [0.2, 0.25) is 0 Å². The van der Waals surface area contributed by atoms with E-state index >= 15 is 0 Å². The fourth-order valence-corrected chi connectivity index (χ4v) is 2.09. The number of ether oxygens (including phenoxy) is 1. The smallest absolute Gasteiger partial charge is 0.307 e. The van der Waals surface area contributed by atoms with Gasteiger partial charge in [0.1, 0.15) is 0 Å². The average Bonchev–Trinajstić information content (AvgIpc) is 2.54. The minimum absolute atomic E-state index is 0.0664. The van der Waals surface area contributed by atoms with Gasteiger partial charge < -0.3 is 9.64 Å². The third-order valence-corrected chi connectivity index (χ3v) is 3.48. The van der Waals surface area contributed by atoms with E-state index in [4.69, 9.17) is 4.74 Å². The maximum absolute atomic E-state index is 12.3. The molecule has 0 aliphatic rings. The molecule has 0 saturated carbocycles. The Morgan fingerprint density at radius 3 is 2.43 bits per heavy atom. The first-order valence-corrected chi connectivity index (χ1v) is 8.26. The molecule has 0 spiro atoms. The van der Waals surface area contributed by atoms with Crippen LogP contribution in [0.25, 0.3) is 6.08 Å². The molecule has 0 fully saturated rings. The van der Waals surface area contributed by atoms with Crippen LogP contribution in [0.5, 0.6) is 0 Å². The Morgan fingerprint density at radius 2 is 1.83 bits per heavy atom. The van der Waals surface area contributed by atoms with Crippen molar-refractivity contribution >= 4 is 18.0 Å². The van der Waals surface area contributed by atoms with Gasteiger partial charge in [0.15, 0.2) is 0 Å². The number of esters is 1. The summed E-state index contributed by atoms with van der Waals surface area (Å²) in [4.78, 5) is 25.5. The minimum atomic E-state index is -0.260. The van der Waals surface area contributed by atoms with E-state index in [0.29, 0.717) is 19.7 Å². The number of nitrogens with zero attached hydrogens (tertiary/aromatic N) is 1. The molecule has 4 nitrogen and oxygen atoms in total. The average molecular weight is 317 g/mol. The lowest BCUT2D eigenvalue weighted by Gasteiger charge is -2.20. The van der Waals surface area contributed by atoms with Gasteiger partial charge in [0.05, 0.1) is 13.0 Å². The molecule has 23 heavy (non-hydrogen) atoms. The molecule has 126 valence electrons. The van der Waals surface area contributed by atoms with Gasteiger partial charge in [-0.25, -0.2) is 0 Å². The highest BCUT2D eigenvalue weighted by Gasteiger charge is 2.12. The van der Waals surface area contributed by atoms with Crippen molar-refractivity contribution in [1.82, 2.24) is 4.90 Å². The number of unbranched alkanes of at least 4 members (excludes halogenated alkanes) is 1. The van der Waals surface area contributed by atoms with Gasteiger partial charge in [-0.3, -0.25) is 9.59 Å². The van der Waals surface area contributed by atoms with E-state index in [9.17, 15) is 9.59 Å². The third-order valence-electron chi connectivity index (χ3n) is 3.48. The van der Waals surface area contributed by atoms with Crippen molar-refractivity contribution in [3.8, 4) is 0 Å². The van der Waals surface area contributed by atoms with Crippen molar-refractivity contribution in [2.24, 2.45) is 0 Å². The molecule has 4 heteroatoms. The van der Waals surface area contributed by atoms with Gasteiger partial charge in [0.2, 0.25) is 5.91 Å². The molecular weight excluding hydrogens is 290 g/mol. The fraction of sp³-hybridized carbons (Fsp3) is 0.474. The van der Waals surface area contributed by atoms with Gasteiger partial charge >= 0.3 is 5.97 Å². The van der Waals surface area contributed by atoms with Crippen molar-refractivity contribution in [1.29, 1.82) is 0 Å². The SMILES string of the molecule is CCCCN(CCC(=O)OCC)C(=O)/C=C/c1ccc(C)cc1. The summed E-state index contributed by atoms with van der Waals surface area (Å²) in [5.41, 5.74) is 2.18. The lowest BCUT2D eigenvalue weighted by atomic mass is 10.1. The Labute approximate surface area is 139 Å². The standard InChI is InChI=1S/C19H27NO3/c1-4-6-14-20(15-13-19(22)23-5-2)18(21)12-11-17-9-7-16(3)8-10-17/h7-12H,4-6,13-15H2,1-3H3/b12-11+. The van der Waals surface area contributed by atoms with Crippen LogP contribution in [-0.2, 0) is 14.3 Å². The van der Waals surface area contributed by atoms with Crippen molar-refractivity contribution in [3.05, 3.63) is 41.5 Å². The highest BCUT2D eigenvalue weighted by atomic mass is 16.5. The predicted molar refractivity (Wildman–Crippen MR) is 93.0 cm³/mol. The Morgan fingerprint density at radius 1 is 1.13 bits per heavy atom. The summed E-state index contributed by atoms with van der Waals surface area (Å²) in [6.45, 7) is 7.32. The molecule has 0 N–H and O–H groups in total. The zero-order valence-electron chi connectivity index (χ0n) is 14.4. The lowest BCUT2D eigenvalue weighted by Crippen LogP contribution is -2.32. The van der Waals surface area contributed by atoms with E-state index < -0.39 is 0 Å². The summed E-state index contributed by atoms with van der Waals surface area (Å²) in [5.74, 6) is -0.326. The van der Waals surface area contributed by atoms with E-state index in [-0.39, 0.29) is 18.3 Å². The summed E-state index contributed by atoms with van der Waals surface area (Å²) in [6.07, 6.45) is 5.55. The highest BCUT2D eigenvalue weighted by molar-refractivity contribution is 5.92. The van der Waals surface area contributed by atoms with Crippen LogP contribution in [0.1, 0.15) is 44.2 Å². The predicted octanol–water partition coefficient (Wildman–Crippen LogP) is 3.59. The minimum Gasteiger partial charge on any atom is -0.466 e. The number of rotatable bonds is 9. The molecule has 1 rings (SSSR count). The Hall–Kier alpha value is -2.10. The maximum atomic E-state index is 12.3. The van der Waals surface area contributed by atoms with Crippen LogP contribution in [0.3, 0.4) is 0 Å². The van der Waals surface area contributed by atoms with Crippen molar-refractivity contribution in [2.75, 3.05) is 19.7 Å². The third kappa shape index (κ3) is 7.63. The Bertz CT molecular complexity index is 520. The summed E-state index contributed by atoms with van der Waals surface area (Å²) in [5, 5.41) is 0. The highest BCUT2D eigenvalue weighted by Crippen LogP contribution is 2.06. The molecule has 0 saturated heterocycles. The first-order chi connectivity index (χ1) is 11.1. The number of hydrogen-bond donors (Lipinski definition) is 0. The first-order valence-electron chi connectivity index (χ1n) is 8.26. The molecule has 1 aromatic carbocycles. The largest absolute Gasteiger partial charge is 0.466 e. The first kappa shape index (κ1) is 18.9. The number of hydrogen-bond acceptors (Lipinski definition) is 3. The topological polar surface area (TPSA) is 46.6 Å².